The second-order valence-corrected chi connectivity index (χ2v) is 21.2. The minimum Gasteiger partial charge on any atom is -0.208 e. The molecule has 6 nitrogen and oxygen atoms in total. The van der Waals surface area contributed by atoms with Gasteiger partial charge in [-0.25, -0.2) is 29.9 Å². The van der Waals surface area contributed by atoms with Crippen LogP contribution in [0.4, 0.5) is 0 Å². The van der Waals surface area contributed by atoms with Crippen molar-refractivity contribution >= 4 is 42.8 Å². The van der Waals surface area contributed by atoms with Crippen LogP contribution in [-0.2, 0) is 0 Å². The van der Waals surface area contributed by atoms with Crippen molar-refractivity contribution in [2.75, 3.05) is 0 Å². The molecule has 2 bridgehead atoms. The molecule has 0 saturated carbocycles. The number of benzene rings is 9. The van der Waals surface area contributed by atoms with Gasteiger partial charge in [-0.05, 0) is 104 Å². The van der Waals surface area contributed by atoms with E-state index >= 15 is 0 Å². The lowest BCUT2D eigenvalue weighted by Crippen LogP contribution is -2.27. The molecule has 16 rings (SSSR count). The first-order valence-electron chi connectivity index (χ1n) is 24.8. The molecule has 3 aliphatic carbocycles. The van der Waals surface area contributed by atoms with Crippen LogP contribution >= 0.6 is 22.7 Å². The Balaban J connectivity index is 0.830. The summed E-state index contributed by atoms with van der Waals surface area (Å²) in [5, 5.41) is 2.49. The summed E-state index contributed by atoms with van der Waals surface area (Å²) in [4.78, 5) is 33.6. The van der Waals surface area contributed by atoms with Gasteiger partial charge >= 0.3 is 0 Å². The predicted octanol–water partition coefficient (Wildman–Crippen LogP) is 16.8. The Bertz CT molecular complexity index is 4010. The molecule has 4 aromatic heterocycles. The number of nitrogens with zero attached hydrogens (tertiary/aromatic N) is 6. The third kappa shape index (κ3) is 7.29. The highest BCUT2D eigenvalue weighted by Gasteiger charge is 2.41. The summed E-state index contributed by atoms with van der Waals surface area (Å²) in [7, 11) is 0. The summed E-state index contributed by atoms with van der Waals surface area (Å²) >= 11 is 3.60. The molecule has 13 aromatic rings. The monoisotopic (exact) mass is 980 g/mol. The van der Waals surface area contributed by atoms with Crippen LogP contribution in [0.2, 0.25) is 0 Å². The average molecular weight is 981 g/mol. The van der Waals surface area contributed by atoms with Gasteiger partial charge in [0, 0.05) is 64.4 Å². The molecular weight excluding hydrogens is 941 g/mol. The van der Waals surface area contributed by atoms with Crippen LogP contribution in [0, 0.1) is 0 Å². The highest BCUT2D eigenvalue weighted by molar-refractivity contribution is 7.22. The van der Waals surface area contributed by atoms with Crippen LogP contribution in [0.1, 0.15) is 45.2 Å². The Labute approximate surface area is 435 Å². The number of fused-ring (bicyclic) bond motifs is 2. The molecule has 9 aromatic carbocycles. The van der Waals surface area contributed by atoms with E-state index in [0.717, 1.165) is 44.5 Å². The first-order valence-corrected chi connectivity index (χ1v) is 26.4. The molecule has 74 heavy (non-hydrogen) atoms. The molecule has 0 N–H and O–H groups in total. The standard InChI is InChI=1S/C66H40N6S2/c1-3-15-39(16-4-1)61-67-63(45-23-13-21-41(33-45)57-37-43-19-7-11-27-55(43)73-57)71-65(69-61)47-29-31-51-53(35-47)59-49-25-9-10-26-50(49)60(51)54-36-48(30-32-52(54)59)66-70-62(40-17-5-2-6-18-40)68-64(72-66)46-24-14-22-42(34-46)58-38-44-20-8-12-28-56(44)74-58/h1-38,59-60H. The van der Waals surface area contributed by atoms with Crippen LogP contribution in [0.3, 0.4) is 0 Å². The summed E-state index contributed by atoms with van der Waals surface area (Å²) in [5.41, 5.74) is 15.7. The normalized spacial score (nSPS) is 14.2. The zero-order chi connectivity index (χ0) is 48.7. The fourth-order valence-electron chi connectivity index (χ4n) is 11.1. The zero-order valence-electron chi connectivity index (χ0n) is 39.6. The van der Waals surface area contributed by atoms with Crippen molar-refractivity contribution in [3.05, 3.63) is 264 Å². The van der Waals surface area contributed by atoms with Crippen LogP contribution in [0.5, 0.6) is 0 Å². The Morgan fingerprint density at radius 2 is 0.554 bits per heavy atom. The van der Waals surface area contributed by atoms with Gasteiger partial charge in [-0.15, -0.1) is 22.7 Å². The highest BCUT2D eigenvalue weighted by Crippen LogP contribution is 2.56. The van der Waals surface area contributed by atoms with Crippen LogP contribution in [0.15, 0.2) is 231 Å². The van der Waals surface area contributed by atoms with Gasteiger partial charge in [-0.2, -0.15) is 0 Å². The first kappa shape index (κ1) is 42.6. The predicted molar refractivity (Wildman–Crippen MR) is 302 cm³/mol. The summed E-state index contributed by atoms with van der Waals surface area (Å²) < 4.78 is 2.54. The van der Waals surface area contributed by atoms with E-state index in [4.69, 9.17) is 29.9 Å². The second kappa shape index (κ2) is 17.3. The number of hydrogen-bond acceptors (Lipinski definition) is 8. The van der Waals surface area contributed by atoms with Gasteiger partial charge in [-0.1, -0.05) is 182 Å². The third-order valence-electron chi connectivity index (χ3n) is 14.5. The quantitative estimate of drug-likeness (QED) is 0.151. The smallest absolute Gasteiger partial charge is 0.164 e. The highest BCUT2D eigenvalue weighted by atomic mass is 32.1. The molecule has 2 unspecified atom stereocenters. The van der Waals surface area contributed by atoms with E-state index in [1.165, 1.54) is 63.3 Å². The minimum absolute atomic E-state index is 0.00790. The van der Waals surface area contributed by atoms with Gasteiger partial charge in [0.1, 0.15) is 0 Å². The van der Waals surface area contributed by atoms with Crippen molar-refractivity contribution < 1.29 is 0 Å². The number of aromatic nitrogens is 6. The molecule has 3 aliphatic rings. The van der Waals surface area contributed by atoms with Gasteiger partial charge in [0.2, 0.25) is 0 Å². The zero-order valence-corrected chi connectivity index (χ0v) is 41.2. The second-order valence-electron chi connectivity index (χ2n) is 19.0. The van der Waals surface area contributed by atoms with Crippen molar-refractivity contribution in [2.45, 2.75) is 11.8 Å². The molecule has 8 heteroatoms. The molecule has 0 saturated heterocycles. The lowest BCUT2D eigenvalue weighted by atomic mass is 9.61. The van der Waals surface area contributed by atoms with Crippen LogP contribution in [0.25, 0.3) is 109 Å². The molecule has 0 spiro atoms. The molecular formula is C66H40N6S2. The van der Waals surface area contributed by atoms with Gasteiger partial charge in [-0.3, -0.25) is 0 Å². The summed E-state index contributed by atoms with van der Waals surface area (Å²) in [5.74, 6) is 3.86. The Morgan fingerprint density at radius 1 is 0.230 bits per heavy atom. The van der Waals surface area contributed by atoms with E-state index in [1.54, 1.807) is 22.7 Å². The van der Waals surface area contributed by atoms with Gasteiger partial charge in [0.25, 0.3) is 0 Å². The van der Waals surface area contributed by atoms with Crippen molar-refractivity contribution in [3.63, 3.8) is 0 Å². The summed E-state index contributed by atoms with van der Waals surface area (Å²) in [6.45, 7) is 0. The number of rotatable bonds is 8. The molecule has 346 valence electrons. The van der Waals surface area contributed by atoms with E-state index < -0.39 is 0 Å². The SMILES string of the molecule is c1ccc(-c2nc(-c3cccc(-c4cc5ccccc5s4)c3)nc(-c3ccc4c(c3)C3c5ccccc5C4c4cc(-c5nc(-c6ccccc6)nc(-c6cccc(-c7cc8ccccc8s7)c6)n5)ccc43)n2)cc1. The van der Waals surface area contributed by atoms with Crippen molar-refractivity contribution in [3.8, 4) is 89.2 Å². The van der Waals surface area contributed by atoms with E-state index in [0.29, 0.717) is 34.9 Å². The third-order valence-corrected chi connectivity index (χ3v) is 16.9. The molecule has 0 amide bonds. The molecule has 0 fully saturated rings. The Hall–Kier alpha value is -9.08. The van der Waals surface area contributed by atoms with E-state index in [9.17, 15) is 0 Å². The number of hydrogen-bond donors (Lipinski definition) is 0. The molecule has 0 radical (unpaired) electrons. The van der Waals surface area contributed by atoms with Crippen molar-refractivity contribution in [2.24, 2.45) is 0 Å². The molecule has 4 heterocycles. The average Bonchev–Trinajstić information content (AvgIpc) is 4.13. The van der Waals surface area contributed by atoms with Gasteiger partial charge in [0.15, 0.2) is 34.9 Å². The fraction of sp³-hybridized carbons (Fsp3) is 0.0303. The summed E-state index contributed by atoms with van der Waals surface area (Å²) in [6.07, 6.45) is 0. The first-order chi connectivity index (χ1) is 36.6. The van der Waals surface area contributed by atoms with Gasteiger partial charge < -0.3 is 0 Å². The maximum atomic E-state index is 5.27. The maximum absolute atomic E-state index is 5.27. The fourth-order valence-corrected chi connectivity index (χ4v) is 13.2. The Kier molecular flexibility index (Phi) is 9.96. The number of thiophene rings is 2. The lowest BCUT2D eigenvalue weighted by Gasteiger charge is -2.42. The minimum atomic E-state index is 0.00790. The Morgan fingerprint density at radius 3 is 0.973 bits per heavy atom. The topological polar surface area (TPSA) is 77.3 Å². The van der Waals surface area contributed by atoms with Crippen LogP contribution < -0.4 is 0 Å². The molecule has 0 aliphatic heterocycles. The van der Waals surface area contributed by atoms with Crippen molar-refractivity contribution in [1.29, 1.82) is 0 Å². The summed E-state index contributed by atoms with van der Waals surface area (Å²) in [6, 6.07) is 81.8. The van der Waals surface area contributed by atoms with E-state index in [-0.39, 0.29) is 11.8 Å². The van der Waals surface area contributed by atoms with Gasteiger partial charge in [0.05, 0.1) is 0 Å². The van der Waals surface area contributed by atoms with Crippen LogP contribution in [-0.4, -0.2) is 29.9 Å². The largest absolute Gasteiger partial charge is 0.208 e. The maximum Gasteiger partial charge on any atom is 0.164 e. The molecule has 2 atom stereocenters. The van der Waals surface area contributed by atoms with E-state index in [1.807, 2.05) is 36.4 Å². The van der Waals surface area contributed by atoms with Crippen molar-refractivity contribution in [1.82, 2.24) is 29.9 Å². The van der Waals surface area contributed by atoms with E-state index in [2.05, 4.69) is 194 Å². The lowest BCUT2D eigenvalue weighted by molar-refractivity contribution is 0.754.